The van der Waals surface area contributed by atoms with E-state index in [1.165, 1.54) is 5.56 Å². The highest BCUT2D eigenvalue weighted by molar-refractivity contribution is 5.29. The lowest BCUT2D eigenvalue weighted by molar-refractivity contribution is 0.134. The molecule has 2 rings (SSSR count). The van der Waals surface area contributed by atoms with E-state index in [9.17, 15) is 5.11 Å². The van der Waals surface area contributed by atoms with Crippen LogP contribution in [0.2, 0.25) is 0 Å². The molecule has 0 saturated carbocycles. The van der Waals surface area contributed by atoms with E-state index in [0.717, 1.165) is 5.56 Å². The first-order valence-electron chi connectivity index (χ1n) is 7.21. The van der Waals surface area contributed by atoms with Crippen LogP contribution in [0.25, 0.3) is 0 Å². The smallest absolute Gasteiger partial charge is 0.222 e. The highest BCUT2D eigenvalue weighted by atomic mass is 16.3. The fraction of sp³-hybridized carbons (Fsp3) is 0.412. The maximum atomic E-state index is 9.70. The number of hydrogen-bond acceptors (Lipinski definition) is 4. The monoisotopic (exact) mass is 285 g/mol. The van der Waals surface area contributed by atoms with Crippen molar-refractivity contribution in [3.05, 3.63) is 53.9 Å². The summed E-state index contributed by atoms with van der Waals surface area (Å²) in [5.41, 5.74) is 2.02. The summed E-state index contributed by atoms with van der Waals surface area (Å²) < 4.78 is 0. The Labute approximate surface area is 126 Å². The van der Waals surface area contributed by atoms with E-state index in [1.807, 2.05) is 25.1 Å². The first-order valence-corrected chi connectivity index (χ1v) is 7.21. The predicted octanol–water partition coefficient (Wildman–Crippen LogP) is 3.00. The molecule has 0 bridgehead atoms. The number of benzene rings is 1. The van der Waals surface area contributed by atoms with E-state index in [4.69, 9.17) is 0 Å². The molecular weight excluding hydrogens is 262 g/mol. The SMILES string of the molecule is Cc1cnc(NCC(c2ccccc2)C(C)(C)CO)nc1. The van der Waals surface area contributed by atoms with E-state index in [-0.39, 0.29) is 17.9 Å². The number of nitrogens with one attached hydrogen (secondary N) is 1. The molecule has 1 aromatic heterocycles. The molecule has 112 valence electrons. The zero-order valence-electron chi connectivity index (χ0n) is 12.9. The van der Waals surface area contributed by atoms with Gasteiger partial charge in [0.1, 0.15) is 0 Å². The molecule has 0 aliphatic carbocycles. The van der Waals surface area contributed by atoms with Crippen LogP contribution in [0.5, 0.6) is 0 Å². The summed E-state index contributed by atoms with van der Waals surface area (Å²) in [4.78, 5) is 8.53. The molecule has 0 radical (unpaired) electrons. The summed E-state index contributed by atoms with van der Waals surface area (Å²) >= 11 is 0. The number of hydrogen-bond donors (Lipinski definition) is 2. The molecule has 1 unspecified atom stereocenters. The third-order valence-electron chi connectivity index (χ3n) is 3.80. The van der Waals surface area contributed by atoms with Gasteiger partial charge >= 0.3 is 0 Å². The van der Waals surface area contributed by atoms with E-state index in [2.05, 4.69) is 41.3 Å². The average molecular weight is 285 g/mol. The van der Waals surface area contributed by atoms with Crippen molar-refractivity contribution in [2.24, 2.45) is 5.41 Å². The molecule has 0 spiro atoms. The van der Waals surface area contributed by atoms with Crippen molar-refractivity contribution in [2.75, 3.05) is 18.5 Å². The van der Waals surface area contributed by atoms with E-state index >= 15 is 0 Å². The zero-order valence-corrected chi connectivity index (χ0v) is 12.9. The Morgan fingerprint density at radius 1 is 1.14 bits per heavy atom. The Balaban J connectivity index is 2.15. The maximum absolute atomic E-state index is 9.70. The average Bonchev–Trinajstić information content (AvgIpc) is 2.50. The Morgan fingerprint density at radius 3 is 2.33 bits per heavy atom. The lowest BCUT2D eigenvalue weighted by Crippen LogP contribution is -2.31. The minimum atomic E-state index is -0.223. The molecule has 1 heterocycles. The lowest BCUT2D eigenvalue weighted by atomic mass is 9.75. The summed E-state index contributed by atoms with van der Waals surface area (Å²) in [5, 5.41) is 13.0. The third-order valence-corrected chi connectivity index (χ3v) is 3.80. The summed E-state index contributed by atoms with van der Waals surface area (Å²) in [5.74, 6) is 0.795. The van der Waals surface area contributed by atoms with Crippen LogP contribution in [0.4, 0.5) is 5.95 Å². The highest BCUT2D eigenvalue weighted by Crippen LogP contribution is 2.35. The van der Waals surface area contributed by atoms with Crippen LogP contribution in [0.15, 0.2) is 42.7 Å². The molecule has 0 amide bonds. The van der Waals surface area contributed by atoms with Crippen LogP contribution in [0.1, 0.15) is 30.9 Å². The Kier molecular flexibility index (Phi) is 4.91. The van der Waals surface area contributed by atoms with Crippen LogP contribution in [0.3, 0.4) is 0 Å². The van der Waals surface area contributed by atoms with Gasteiger partial charge in [0, 0.05) is 31.5 Å². The molecule has 1 aromatic carbocycles. The minimum Gasteiger partial charge on any atom is -0.396 e. The summed E-state index contributed by atoms with van der Waals surface area (Å²) in [6.45, 7) is 6.92. The predicted molar refractivity (Wildman–Crippen MR) is 85.3 cm³/mol. The fourth-order valence-corrected chi connectivity index (χ4v) is 2.32. The zero-order chi connectivity index (χ0) is 15.3. The number of nitrogens with zero attached hydrogens (tertiary/aromatic N) is 2. The number of aliphatic hydroxyl groups excluding tert-OH is 1. The van der Waals surface area contributed by atoms with Gasteiger partial charge in [-0.2, -0.15) is 0 Å². The molecular formula is C17H23N3O. The van der Waals surface area contributed by atoms with Gasteiger partial charge in [-0.15, -0.1) is 0 Å². The highest BCUT2D eigenvalue weighted by Gasteiger charge is 2.30. The van der Waals surface area contributed by atoms with E-state index in [1.54, 1.807) is 12.4 Å². The van der Waals surface area contributed by atoms with E-state index in [0.29, 0.717) is 12.5 Å². The van der Waals surface area contributed by atoms with Crippen molar-refractivity contribution in [2.45, 2.75) is 26.7 Å². The maximum Gasteiger partial charge on any atom is 0.222 e. The Morgan fingerprint density at radius 2 is 1.76 bits per heavy atom. The van der Waals surface area contributed by atoms with Gasteiger partial charge in [0.25, 0.3) is 0 Å². The van der Waals surface area contributed by atoms with Crippen molar-refractivity contribution in [3.8, 4) is 0 Å². The molecule has 21 heavy (non-hydrogen) atoms. The summed E-state index contributed by atoms with van der Waals surface area (Å²) in [6, 6.07) is 10.2. The van der Waals surface area contributed by atoms with Crippen LogP contribution < -0.4 is 5.32 Å². The molecule has 4 heteroatoms. The van der Waals surface area contributed by atoms with Gasteiger partial charge in [0.05, 0.1) is 0 Å². The van der Waals surface area contributed by atoms with Crippen LogP contribution >= 0.6 is 0 Å². The largest absolute Gasteiger partial charge is 0.396 e. The van der Waals surface area contributed by atoms with Crippen molar-refractivity contribution in [3.63, 3.8) is 0 Å². The molecule has 0 fully saturated rings. The van der Waals surface area contributed by atoms with Gasteiger partial charge in [-0.25, -0.2) is 9.97 Å². The Bertz CT molecular complexity index is 552. The van der Waals surface area contributed by atoms with Crippen molar-refractivity contribution in [1.29, 1.82) is 0 Å². The van der Waals surface area contributed by atoms with E-state index < -0.39 is 0 Å². The quantitative estimate of drug-likeness (QED) is 0.856. The molecule has 4 nitrogen and oxygen atoms in total. The van der Waals surface area contributed by atoms with Crippen LogP contribution in [-0.2, 0) is 0 Å². The lowest BCUT2D eigenvalue weighted by Gasteiger charge is -2.33. The Hall–Kier alpha value is -1.94. The minimum absolute atomic E-state index is 0.128. The molecule has 0 aliphatic heterocycles. The third kappa shape index (κ3) is 4.02. The van der Waals surface area contributed by atoms with Gasteiger partial charge in [-0.3, -0.25) is 0 Å². The van der Waals surface area contributed by atoms with Gasteiger partial charge in [0.2, 0.25) is 5.95 Å². The number of aromatic nitrogens is 2. The standard InChI is InChI=1S/C17H23N3O/c1-13-9-18-16(19-10-13)20-11-15(17(2,3)12-21)14-7-5-4-6-8-14/h4-10,15,21H,11-12H2,1-3H3,(H,18,19,20). The van der Waals surface area contributed by atoms with Crippen molar-refractivity contribution >= 4 is 5.95 Å². The van der Waals surface area contributed by atoms with Crippen LogP contribution in [-0.4, -0.2) is 28.2 Å². The second-order valence-corrected chi connectivity index (χ2v) is 6.07. The summed E-state index contributed by atoms with van der Waals surface area (Å²) in [7, 11) is 0. The number of rotatable bonds is 6. The topological polar surface area (TPSA) is 58.0 Å². The molecule has 0 aliphatic rings. The molecule has 1 atom stereocenters. The van der Waals surface area contributed by atoms with Gasteiger partial charge < -0.3 is 10.4 Å². The van der Waals surface area contributed by atoms with Crippen molar-refractivity contribution in [1.82, 2.24) is 9.97 Å². The fourth-order valence-electron chi connectivity index (χ4n) is 2.32. The van der Waals surface area contributed by atoms with Gasteiger partial charge in [0.15, 0.2) is 0 Å². The first kappa shape index (κ1) is 15.4. The molecule has 2 N–H and O–H groups in total. The number of anilines is 1. The summed E-state index contributed by atoms with van der Waals surface area (Å²) in [6.07, 6.45) is 3.59. The van der Waals surface area contributed by atoms with Crippen LogP contribution in [0, 0.1) is 12.3 Å². The normalized spacial score (nSPS) is 13.0. The van der Waals surface area contributed by atoms with Gasteiger partial charge in [-0.1, -0.05) is 44.2 Å². The number of aryl methyl sites for hydroxylation is 1. The molecule has 0 saturated heterocycles. The number of aliphatic hydroxyl groups is 1. The second kappa shape index (κ2) is 6.68. The second-order valence-electron chi connectivity index (χ2n) is 6.07. The van der Waals surface area contributed by atoms with Crippen molar-refractivity contribution < 1.29 is 5.11 Å². The molecule has 2 aromatic rings. The first-order chi connectivity index (χ1) is 10.0. The van der Waals surface area contributed by atoms with Gasteiger partial charge in [-0.05, 0) is 23.5 Å².